The van der Waals surface area contributed by atoms with Crippen LogP contribution >= 0.6 is 0 Å². The van der Waals surface area contributed by atoms with Gasteiger partial charge in [-0.2, -0.15) is 0 Å². The van der Waals surface area contributed by atoms with Gasteiger partial charge >= 0.3 is 0 Å². The van der Waals surface area contributed by atoms with E-state index >= 15 is 0 Å². The summed E-state index contributed by atoms with van der Waals surface area (Å²) in [6, 6.07) is 5.07. The zero-order valence-corrected chi connectivity index (χ0v) is 18.0. The molecule has 0 radical (unpaired) electrons. The Labute approximate surface area is 174 Å². The molecule has 2 heterocycles. The van der Waals surface area contributed by atoms with E-state index in [9.17, 15) is 0 Å². The van der Waals surface area contributed by atoms with E-state index < -0.39 is 0 Å². The highest BCUT2D eigenvalue weighted by molar-refractivity contribution is 5.64. The van der Waals surface area contributed by atoms with Crippen LogP contribution in [0.4, 0.5) is 0 Å². The lowest BCUT2D eigenvalue weighted by molar-refractivity contribution is -0.0605. The average Bonchev–Trinajstić information content (AvgIpc) is 3.17. The van der Waals surface area contributed by atoms with Gasteiger partial charge in [-0.3, -0.25) is 0 Å². The molecular weight excluding hydrogens is 364 g/mol. The SMILES string of the molecule is COc1ccc2c3c1OC1C(OCC(CN)CC(C)C)C=CC4C(C)NC2CC341. The highest BCUT2D eigenvalue weighted by Gasteiger charge is 2.66. The van der Waals surface area contributed by atoms with E-state index in [0.717, 1.165) is 24.3 Å². The molecule has 1 spiro atoms. The normalized spacial score (nSPS) is 36.8. The molecule has 3 N–H and O–H groups in total. The van der Waals surface area contributed by atoms with Crippen LogP contribution in [0.5, 0.6) is 11.5 Å². The summed E-state index contributed by atoms with van der Waals surface area (Å²) in [4.78, 5) is 0. The summed E-state index contributed by atoms with van der Waals surface area (Å²) < 4.78 is 18.8. The fraction of sp³-hybridized carbons (Fsp3) is 0.667. The zero-order valence-electron chi connectivity index (χ0n) is 18.0. The van der Waals surface area contributed by atoms with Crippen LogP contribution < -0.4 is 20.5 Å². The summed E-state index contributed by atoms with van der Waals surface area (Å²) in [5, 5.41) is 3.83. The van der Waals surface area contributed by atoms with E-state index in [1.165, 1.54) is 11.1 Å². The molecule has 158 valence electrons. The molecule has 2 aliphatic carbocycles. The first-order valence-corrected chi connectivity index (χ1v) is 11.1. The Morgan fingerprint density at radius 2 is 2.14 bits per heavy atom. The Morgan fingerprint density at radius 1 is 1.31 bits per heavy atom. The summed E-state index contributed by atoms with van der Waals surface area (Å²) in [5.74, 6) is 3.18. The van der Waals surface area contributed by atoms with Gasteiger partial charge in [0, 0.05) is 29.0 Å². The second-order valence-electron chi connectivity index (χ2n) is 9.79. The molecule has 5 heteroatoms. The van der Waals surface area contributed by atoms with Crippen molar-refractivity contribution < 1.29 is 14.2 Å². The molecule has 0 aromatic heterocycles. The maximum atomic E-state index is 6.67. The summed E-state index contributed by atoms with van der Waals surface area (Å²) in [6.45, 7) is 8.13. The van der Waals surface area contributed by atoms with Gasteiger partial charge in [0.05, 0.1) is 13.7 Å². The van der Waals surface area contributed by atoms with E-state index in [4.69, 9.17) is 19.9 Å². The lowest BCUT2D eigenvalue weighted by Crippen LogP contribution is -2.59. The first-order chi connectivity index (χ1) is 14.0. The fourth-order valence-corrected chi connectivity index (χ4v) is 6.49. The van der Waals surface area contributed by atoms with Crippen LogP contribution in [0.25, 0.3) is 0 Å². The second-order valence-corrected chi connectivity index (χ2v) is 9.79. The molecule has 1 aromatic rings. The third-order valence-electron chi connectivity index (χ3n) is 7.58. The second kappa shape index (κ2) is 7.00. The molecular formula is C24H34N2O3. The van der Waals surface area contributed by atoms with Crippen molar-refractivity contribution in [2.45, 2.75) is 63.3 Å². The van der Waals surface area contributed by atoms with Crippen LogP contribution in [0.15, 0.2) is 24.3 Å². The van der Waals surface area contributed by atoms with Gasteiger partial charge in [0.15, 0.2) is 11.5 Å². The van der Waals surface area contributed by atoms with Crippen molar-refractivity contribution in [2.24, 2.45) is 23.5 Å². The largest absolute Gasteiger partial charge is 0.493 e. The van der Waals surface area contributed by atoms with Crippen LogP contribution in [-0.4, -0.2) is 38.5 Å². The molecule has 7 atom stereocenters. The topological polar surface area (TPSA) is 65.7 Å². The minimum absolute atomic E-state index is 0.00502. The summed E-state index contributed by atoms with van der Waals surface area (Å²) in [6.07, 6.45) is 6.71. The molecule has 5 nitrogen and oxygen atoms in total. The Hall–Kier alpha value is -1.56. The molecule has 5 rings (SSSR count). The van der Waals surface area contributed by atoms with Crippen molar-refractivity contribution in [3.8, 4) is 11.5 Å². The first kappa shape index (κ1) is 19.4. The van der Waals surface area contributed by atoms with Gasteiger partial charge < -0.3 is 25.3 Å². The van der Waals surface area contributed by atoms with Gasteiger partial charge in [-0.15, -0.1) is 0 Å². The minimum Gasteiger partial charge on any atom is -0.493 e. The standard InChI is InChI=1S/C24H34N2O3/c1-13(2)9-15(11-25)12-28-20-8-6-17-14(3)26-18-10-24(17)21-16(18)5-7-19(27-4)22(21)29-23(20)24/h5-8,13-15,17-18,20,23,26H,9-12,25H2,1-4H3. The summed E-state index contributed by atoms with van der Waals surface area (Å²) in [5.41, 5.74) is 8.75. The van der Waals surface area contributed by atoms with Gasteiger partial charge in [0.1, 0.15) is 12.2 Å². The lowest BCUT2D eigenvalue weighted by atomic mass is 9.60. The fourth-order valence-electron chi connectivity index (χ4n) is 6.49. The molecule has 2 aliphatic heterocycles. The number of hydrogen-bond donors (Lipinski definition) is 2. The van der Waals surface area contributed by atoms with Crippen molar-refractivity contribution >= 4 is 0 Å². The number of nitrogens with two attached hydrogens (primary N) is 1. The molecule has 0 amide bonds. The molecule has 0 saturated carbocycles. The molecule has 1 aromatic carbocycles. The number of ether oxygens (including phenoxy) is 3. The average molecular weight is 399 g/mol. The van der Waals surface area contributed by atoms with Crippen molar-refractivity contribution in [3.63, 3.8) is 0 Å². The van der Waals surface area contributed by atoms with E-state index in [1.54, 1.807) is 7.11 Å². The van der Waals surface area contributed by atoms with Crippen LogP contribution in [0.2, 0.25) is 0 Å². The highest BCUT2D eigenvalue weighted by Crippen LogP contribution is 2.66. The molecule has 1 fully saturated rings. The highest BCUT2D eigenvalue weighted by atomic mass is 16.6. The van der Waals surface area contributed by atoms with Gasteiger partial charge in [0.25, 0.3) is 0 Å². The number of hydrogen-bond acceptors (Lipinski definition) is 5. The van der Waals surface area contributed by atoms with Gasteiger partial charge in [-0.1, -0.05) is 32.1 Å². The van der Waals surface area contributed by atoms with Crippen LogP contribution in [0.1, 0.15) is 50.8 Å². The molecule has 1 saturated heterocycles. The predicted molar refractivity (Wildman–Crippen MR) is 113 cm³/mol. The quantitative estimate of drug-likeness (QED) is 0.690. The summed E-state index contributed by atoms with van der Waals surface area (Å²) in [7, 11) is 1.73. The third kappa shape index (κ3) is 2.70. The van der Waals surface area contributed by atoms with Crippen LogP contribution in [0.3, 0.4) is 0 Å². The van der Waals surface area contributed by atoms with E-state index in [2.05, 4.69) is 50.4 Å². The van der Waals surface area contributed by atoms with Crippen molar-refractivity contribution in [1.82, 2.24) is 5.32 Å². The van der Waals surface area contributed by atoms with Gasteiger partial charge in [0.2, 0.25) is 0 Å². The Bertz CT molecular complexity index is 823. The van der Waals surface area contributed by atoms with Crippen molar-refractivity contribution in [2.75, 3.05) is 20.3 Å². The maximum Gasteiger partial charge on any atom is 0.166 e. The van der Waals surface area contributed by atoms with Gasteiger partial charge in [-0.25, -0.2) is 0 Å². The minimum atomic E-state index is -0.0542. The number of nitrogens with one attached hydrogen (secondary N) is 1. The third-order valence-corrected chi connectivity index (χ3v) is 7.58. The smallest absolute Gasteiger partial charge is 0.166 e. The lowest BCUT2D eigenvalue weighted by Gasteiger charge is -2.49. The number of benzene rings is 1. The van der Waals surface area contributed by atoms with Gasteiger partial charge in [-0.05, 0) is 49.8 Å². The number of fused-ring (bicyclic) bond motifs is 2. The van der Waals surface area contributed by atoms with Crippen LogP contribution in [-0.2, 0) is 10.2 Å². The van der Waals surface area contributed by atoms with E-state index in [0.29, 0.717) is 43.0 Å². The number of piperidine rings is 1. The zero-order chi connectivity index (χ0) is 20.3. The van der Waals surface area contributed by atoms with E-state index in [-0.39, 0.29) is 17.6 Å². The Balaban J connectivity index is 1.50. The molecule has 2 bridgehead atoms. The number of methoxy groups -OCH3 is 1. The molecule has 4 aliphatic rings. The van der Waals surface area contributed by atoms with Crippen molar-refractivity contribution in [3.05, 3.63) is 35.4 Å². The van der Waals surface area contributed by atoms with Crippen molar-refractivity contribution in [1.29, 1.82) is 0 Å². The maximum absolute atomic E-state index is 6.67. The first-order valence-electron chi connectivity index (χ1n) is 11.1. The predicted octanol–water partition coefficient (Wildman–Crippen LogP) is 3.32. The van der Waals surface area contributed by atoms with E-state index in [1.807, 2.05) is 0 Å². The molecule has 7 unspecified atom stereocenters. The number of rotatable bonds is 7. The molecule has 29 heavy (non-hydrogen) atoms. The van der Waals surface area contributed by atoms with Crippen LogP contribution in [0, 0.1) is 17.8 Å². The monoisotopic (exact) mass is 398 g/mol. The summed E-state index contributed by atoms with van der Waals surface area (Å²) >= 11 is 0. The Morgan fingerprint density at radius 3 is 2.86 bits per heavy atom. The Kier molecular flexibility index (Phi) is 4.68.